The second-order valence-electron chi connectivity index (χ2n) is 4.92. The Morgan fingerprint density at radius 2 is 2.00 bits per heavy atom. The number of nitrogens with one attached hydrogen (secondary N) is 1. The van der Waals surface area contributed by atoms with Crippen molar-refractivity contribution in [1.82, 2.24) is 0 Å². The van der Waals surface area contributed by atoms with Crippen molar-refractivity contribution in [2.24, 2.45) is 17.6 Å². The summed E-state index contributed by atoms with van der Waals surface area (Å²) in [6.07, 6.45) is 1.21. The fourth-order valence-corrected chi connectivity index (χ4v) is 2.34. The van der Waals surface area contributed by atoms with Crippen LogP contribution in [-0.2, 0) is 9.84 Å². The van der Waals surface area contributed by atoms with E-state index < -0.39 is 9.84 Å². The quantitative estimate of drug-likeness (QED) is 0.826. The standard InChI is InChI=1S/C13H22N2O2S/c1-10(2)11(8-14)9-15-12-5-4-6-13(7-12)18(3,16)17/h4-7,10-11,15H,8-9,14H2,1-3H3. The van der Waals surface area contributed by atoms with Crippen molar-refractivity contribution >= 4 is 15.5 Å². The molecule has 0 aromatic heterocycles. The zero-order valence-corrected chi connectivity index (χ0v) is 12.0. The maximum atomic E-state index is 11.4. The lowest BCUT2D eigenvalue weighted by atomic mass is 9.96. The summed E-state index contributed by atoms with van der Waals surface area (Å²) in [6.45, 7) is 5.63. The van der Waals surface area contributed by atoms with Crippen molar-refractivity contribution in [2.75, 3.05) is 24.7 Å². The van der Waals surface area contributed by atoms with Gasteiger partial charge in [-0.05, 0) is 36.6 Å². The third-order valence-electron chi connectivity index (χ3n) is 3.08. The number of nitrogens with two attached hydrogens (primary N) is 1. The minimum Gasteiger partial charge on any atom is -0.385 e. The van der Waals surface area contributed by atoms with Gasteiger partial charge in [0.15, 0.2) is 9.84 Å². The fraction of sp³-hybridized carbons (Fsp3) is 0.538. The topological polar surface area (TPSA) is 72.2 Å². The van der Waals surface area contributed by atoms with Crippen LogP contribution in [0.2, 0.25) is 0 Å². The van der Waals surface area contributed by atoms with E-state index in [9.17, 15) is 8.42 Å². The SMILES string of the molecule is CC(C)C(CN)CNc1cccc(S(C)(=O)=O)c1. The van der Waals surface area contributed by atoms with Crippen molar-refractivity contribution in [3.8, 4) is 0 Å². The van der Waals surface area contributed by atoms with Crippen LogP contribution in [0.3, 0.4) is 0 Å². The molecule has 0 spiro atoms. The summed E-state index contributed by atoms with van der Waals surface area (Å²) >= 11 is 0. The predicted molar refractivity (Wildman–Crippen MR) is 75.4 cm³/mol. The molecule has 0 radical (unpaired) electrons. The molecule has 1 rings (SSSR count). The zero-order valence-electron chi connectivity index (χ0n) is 11.2. The van der Waals surface area contributed by atoms with E-state index in [0.717, 1.165) is 12.2 Å². The second kappa shape index (κ2) is 6.20. The molecule has 0 aliphatic rings. The van der Waals surface area contributed by atoms with E-state index in [2.05, 4.69) is 19.2 Å². The predicted octanol–water partition coefficient (Wildman–Crippen LogP) is 1.73. The molecule has 1 unspecified atom stereocenters. The van der Waals surface area contributed by atoms with Crippen LogP contribution in [0.15, 0.2) is 29.2 Å². The fourth-order valence-electron chi connectivity index (χ4n) is 1.68. The van der Waals surface area contributed by atoms with Gasteiger partial charge in [0.25, 0.3) is 0 Å². The summed E-state index contributed by atoms with van der Waals surface area (Å²) in [4.78, 5) is 0.335. The van der Waals surface area contributed by atoms with Gasteiger partial charge in [0.05, 0.1) is 4.90 Å². The van der Waals surface area contributed by atoms with Crippen molar-refractivity contribution in [2.45, 2.75) is 18.7 Å². The average molecular weight is 270 g/mol. The van der Waals surface area contributed by atoms with Crippen LogP contribution >= 0.6 is 0 Å². The van der Waals surface area contributed by atoms with Gasteiger partial charge in [-0.3, -0.25) is 0 Å². The Kier molecular flexibility index (Phi) is 5.16. The van der Waals surface area contributed by atoms with Gasteiger partial charge in [-0.15, -0.1) is 0 Å². The van der Waals surface area contributed by atoms with E-state index >= 15 is 0 Å². The lowest BCUT2D eigenvalue weighted by Crippen LogP contribution is -2.27. The van der Waals surface area contributed by atoms with Crippen LogP contribution in [0.1, 0.15) is 13.8 Å². The third-order valence-corrected chi connectivity index (χ3v) is 4.19. The van der Waals surface area contributed by atoms with Gasteiger partial charge < -0.3 is 11.1 Å². The second-order valence-corrected chi connectivity index (χ2v) is 6.94. The molecular formula is C13H22N2O2S. The highest BCUT2D eigenvalue weighted by molar-refractivity contribution is 7.90. The smallest absolute Gasteiger partial charge is 0.175 e. The monoisotopic (exact) mass is 270 g/mol. The molecule has 18 heavy (non-hydrogen) atoms. The molecule has 0 heterocycles. The number of benzene rings is 1. The highest BCUT2D eigenvalue weighted by atomic mass is 32.2. The Bertz CT molecular complexity index is 484. The normalized spacial score (nSPS) is 13.6. The summed E-state index contributed by atoms with van der Waals surface area (Å²) in [7, 11) is -3.15. The molecule has 1 aromatic rings. The number of hydrogen-bond acceptors (Lipinski definition) is 4. The molecule has 4 nitrogen and oxygen atoms in total. The van der Waals surface area contributed by atoms with E-state index in [1.54, 1.807) is 18.2 Å². The van der Waals surface area contributed by atoms with Gasteiger partial charge in [-0.1, -0.05) is 19.9 Å². The molecule has 0 fully saturated rings. The Morgan fingerprint density at radius 3 is 2.50 bits per heavy atom. The van der Waals surface area contributed by atoms with Gasteiger partial charge in [0.2, 0.25) is 0 Å². The minimum absolute atomic E-state index is 0.335. The van der Waals surface area contributed by atoms with Crippen LogP contribution in [-0.4, -0.2) is 27.8 Å². The number of rotatable bonds is 6. The van der Waals surface area contributed by atoms with Crippen molar-refractivity contribution in [1.29, 1.82) is 0 Å². The molecule has 5 heteroatoms. The van der Waals surface area contributed by atoms with Crippen molar-refractivity contribution in [3.05, 3.63) is 24.3 Å². The molecule has 0 bridgehead atoms. The maximum Gasteiger partial charge on any atom is 0.175 e. The van der Waals surface area contributed by atoms with Crippen LogP contribution in [0.5, 0.6) is 0 Å². The summed E-state index contributed by atoms with van der Waals surface area (Å²) in [5.41, 5.74) is 6.52. The van der Waals surface area contributed by atoms with Crippen LogP contribution in [0.25, 0.3) is 0 Å². The Labute approximate surface area is 110 Å². The lowest BCUT2D eigenvalue weighted by Gasteiger charge is -2.20. The molecule has 0 amide bonds. The first-order valence-electron chi connectivity index (χ1n) is 6.08. The first kappa shape index (κ1) is 15.0. The summed E-state index contributed by atoms with van der Waals surface area (Å²) in [5.74, 6) is 0.882. The molecule has 1 atom stereocenters. The van der Waals surface area contributed by atoms with E-state index in [-0.39, 0.29) is 0 Å². The van der Waals surface area contributed by atoms with Gasteiger partial charge in [0.1, 0.15) is 0 Å². The summed E-state index contributed by atoms with van der Waals surface area (Å²) in [5, 5.41) is 3.25. The lowest BCUT2D eigenvalue weighted by molar-refractivity contribution is 0.413. The zero-order chi connectivity index (χ0) is 13.8. The van der Waals surface area contributed by atoms with Gasteiger partial charge in [0, 0.05) is 18.5 Å². The largest absolute Gasteiger partial charge is 0.385 e. The summed E-state index contributed by atoms with van der Waals surface area (Å²) in [6, 6.07) is 6.86. The van der Waals surface area contributed by atoms with Crippen LogP contribution in [0, 0.1) is 11.8 Å². The molecule has 0 saturated carbocycles. The number of hydrogen-bond donors (Lipinski definition) is 2. The Hall–Kier alpha value is -1.07. The van der Waals surface area contributed by atoms with E-state index in [1.165, 1.54) is 6.26 Å². The Balaban J connectivity index is 2.74. The maximum absolute atomic E-state index is 11.4. The highest BCUT2D eigenvalue weighted by Gasteiger charge is 2.12. The molecule has 0 aliphatic heterocycles. The first-order valence-corrected chi connectivity index (χ1v) is 7.97. The van der Waals surface area contributed by atoms with Gasteiger partial charge in [-0.25, -0.2) is 8.42 Å². The van der Waals surface area contributed by atoms with Crippen LogP contribution < -0.4 is 11.1 Å². The minimum atomic E-state index is -3.15. The van der Waals surface area contributed by atoms with Gasteiger partial charge in [-0.2, -0.15) is 0 Å². The molecule has 0 aliphatic carbocycles. The number of sulfone groups is 1. The van der Waals surface area contributed by atoms with Gasteiger partial charge >= 0.3 is 0 Å². The average Bonchev–Trinajstić information content (AvgIpc) is 2.28. The van der Waals surface area contributed by atoms with E-state index in [1.807, 2.05) is 6.07 Å². The molecule has 102 valence electrons. The van der Waals surface area contributed by atoms with Crippen molar-refractivity contribution < 1.29 is 8.42 Å². The highest BCUT2D eigenvalue weighted by Crippen LogP contribution is 2.17. The molecular weight excluding hydrogens is 248 g/mol. The molecule has 0 saturated heterocycles. The molecule has 3 N–H and O–H groups in total. The molecule has 1 aromatic carbocycles. The Morgan fingerprint density at radius 1 is 1.33 bits per heavy atom. The van der Waals surface area contributed by atoms with Crippen LogP contribution in [0.4, 0.5) is 5.69 Å². The van der Waals surface area contributed by atoms with E-state index in [4.69, 9.17) is 5.73 Å². The first-order chi connectivity index (χ1) is 8.34. The third kappa shape index (κ3) is 4.31. The van der Waals surface area contributed by atoms with E-state index in [0.29, 0.717) is 23.3 Å². The number of anilines is 1. The van der Waals surface area contributed by atoms with Crippen molar-refractivity contribution in [3.63, 3.8) is 0 Å². The summed E-state index contributed by atoms with van der Waals surface area (Å²) < 4.78 is 22.9.